The second-order valence-corrected chi connectivity index (χ2v) is 4.47. The van der Waals surface area contributed by atoms with E-state index >= 15 is 0 Å². The fraction of sp³-hybridized carbons (Fsp3) is 0. The number of para-hydroxylation sites is 1. The van der Waals surface area contributed by atoms with Crippen molar-refractivity contribution in [3.63, 3.8) is 0 Å². The van der Waals surface area contributed by atoms with Crippen LogP contribution in [-0.4, -0.2) is 11.1 Å². The van der Waals surface area contributed by atoms with Gasteiger partial charge in [-0.15, -0.1) is 0 Å². The summed E-state index contributed by atoms with van der Waals surface area (Å²) in [4.78, 5) is 11.1. The van der Waals surface area contributed by atoms with Crippen LogP contribution in [0.3, 0.4) is 0 Å². The van der Waals surface area contributed by atoms with E-state index in [4.69, 9.17) is 38.8 Å². The van der Waals surface area contributed by atoms with Crippen LogP contribution in [0.1, 0.15) is 10.4 Å². The Balaban J connectivity index is 2.49. The average Bonchev–Trinajstić information content (AvgIpc) is 2.36. The predicted octanol–water partition coefficient (Wildman–Crippen LogP) is 4.07. The fourth-order valence-electron chi connectivity index (χ4n) is 1.51. The molecule has 0 saturated heterocycles. The number of nitrogen functional groups attached to an aromatic ring is 1. The van der Waals surface area contributed by atoms with Crippen LogP contribution in [0, 0.1) is 0 Å². The Kier molecular flexibility index (Phi) is 3.83. The van der Waals surface area contributed by atoms with Gasteiger partial charge < -0.3 is 15.6 Å². The molecule has 4 nitrogen and oxygen atoms in total. The number of nitrogens with two attached hydrogens (primary N) is 1. The molecule has 98 valence electrons. The smallest absolute Gasteiger partial charge is 0.339 e. The number of anilines is 1. The van der Waals surface area contributed by atoms with E-state index in [0.29, 0.717) is 5.02 Å². The van der Waals surface area contributed by atoms with Crippen LogP contribution in [0.15, 0.2) is 36.4 Å². The number of carboxylic acids is 1. The van der Waals surface area contributed by atoms with Gasteiger partial charge in [0.05, 0.1) is 10.7 Å². The molecule has 2 rings (SSSR count). The third-order valence-corrected chi connectivity index (χ3v) is 3.21. The highest BCUT2D eigenvalue weighted by molar-refractivity contribution is 6.42. The summed E-state index contributed by atoms with van der Waals surface area (Å²) >= 11 is 11.8. The van der Waals surface area contributed by atoms with Crippen LogP contribution in [0.25, 0.3) is 0 Å². The van der Waals surface area contributed by atoms with Gasteiger partial charge in [-0.05, 0) is 24.3 Å². The van der Waals surface area contributed by atoms with Crippen molar-refractivity contribution < 1.29 is 14.6 Å². The molecule has 19 heavy (non-hydrogen) atoms. The lowest BCUT2D eigenvalue weighted by Crippen LogP contribution is -2.03. The van der Waals surface area contributed by atoms with Crippen LogP contribution in [-0.2, 0) is 0 Å². The van der Waals surface area contributed by atoms with Crippen molar-refractivity contribution in [1.29, 1.82) is 0 Å². The fourth-order valence-corrected chi connectivity index (χ4v) is 1.84. The Labute approximate surface area is 119 Å². The lowest BCUT2D eigenvalue weighted by atomic mass is 10.1. The van der Waals surface area contributed by atoms with E-state index in [-0.39, 0.29) is 27.8 Å². The van der Waals surface area contributed by atoms with Gasteiger partial charge in [0.25, 0.3) is 0 Å². The average molecular weight is 298 g/mol. The molecule has 3 N–H and O–H groups in total. The maximum Gasteiger partial charge on any atom is 0.339 e. The molecule has 0 aromatic heterocycles. The van der Waals surface area contributed by atoms with Gasteiger partial charge in [-0.2, -0.15) is 0 Å². The number of carbonyl (C=O) groups is 1. The van der Waals surface area contributed by atoms with Gasteiger partial charge in [0, 0.05) is 0 Å². The third-order valence-electron chi connectivity index (χ3n) is 2.40. The predicted molar refractivity (Wildman–Crippen MR) is 74.3 cm³/mol. The second kappa shape index (κ2) is 5.38. The molecule has 0 fully saturated rings. The van der Waals surface area contributed by atoms with E-state index in [1.807, 2.05) is 0 Å². The molecule has 0 bridgehead atoms. The van der Waals surface area contributed by atoms with Gasteiger partial charge in [-0.25, -0.2) is 4.79 Å². The minimum atomic E-state index is -1.14. The van der Waals surface area contributed by atoms with Crippen LogP contribution < -0.4 is 10.5 Å². The standard InChI is InChI=1S/C13H9Cl2NO3/c14-8-4-2-6-10(11(8)15)19-12-7(13(17)18)3-1-5-9(12)16/h1-6H,16H2,(H,17,18). The number of halogens is 2. The maximum atomic E-state index is 11.1. The van der Waals surface area contributed by atoms with Crippen molar-refractivity contribution in [1.82, 2.24) is 0 Å². The number of aromatic carboxylic acids is 1. The summed E-state index contributed by atoms with van der Waals surface area (Å²) in [7, 11) is 0. The Morgan fingerprint density at radius 1 is 1.16 bits per heavy atom. The van der Waals surface area contributed by atoms with Gasteiger partial charge in [0.2, 0.25) is 0 Å². The van der Waals surface area contributed by atoms with E-state index in [0.717, 1.165) is 0 Å². The van der Waals surface area contributed by atoms with Gasteiger partial charge in [-0.1, -0.05) is 35.3 Å². The first-order chi connectivity index (χ1) is 9.00. The number of hydrogen-bond acceptors (Lipinski definition) is 3. The third kappa shape index (κ3) is 2.75. The topological polar surface area (TPSA) is 72.6 Å². The SMILES string of the molecule is Nc1cccc(C(=O)O)c1Oc1cccc(Cl)c1Cl. The quantitative estimate of drug-likeness (QED) is 0.838. The van der Waals surface area contributed by atoms with Crippen LogP contribution in [0.2, 0.25) is 10.0 Å². The molecule has 0 unspecified atom stereocenters. The number of benzene rings is 2. The summed E-state index contributed by atoms with van der Waals surface area (Å²) < 4.78 is 5.49. The van der Waals surface area contributed by atoms with Crippen LogP contribution in [0.4, 0.5) is 5.69 Å². The van der Waals surface area contributed by atoms with E-state index in [1.165, 1.54) is 12.1 Å². The number of rotatable bonds is 3. The lowest BCUT2D eigenvalue weighted by molar-refractivity contribution is 0.0694. The highest BCUT2D eigenvalue weighted by Gasteiger charge is 2.16. The van der Waals surface area contributed by atoms with Crippen LogP contribution >= 0.6 is 23.2 Å². The van der Waals surface area contributed by atoms with Crippen molar-refractivity contribution in [2.24, 2.45) is 0 Å². The molecule has 0 spiro atoms. The molecule has 0 aliphatic heterocycles. The Morgan fingerprint density at radius 3 is 2.53 bits per heavy atom. The maximum absolute atomic E-state index is 11.1. The minimum Gasteiger partial charge on any atom is -0.478 e. The molecule has 2 aromatic carbocycles. The van der Waals surface area contributed by atoms with E-state index < -0.39 is 5.97 Å². The largest absolute Gasteiger partial charge is 0.478 e. The molecule has 0 heterocycles. The molecule has 0 amide bonds. The molecule has 0 saturated carbocycles. The van der Waals surface area contributed by atoms with Crippen LogP contribution in [0.5, 0.6) is 11.5 Å². The molecule has 0 aliphatic carbocycles. The van der Waals surface area contributed by atoms with Crippen molar-refractivity contribution in [3.8, 4) is 11.5 Å². The molecular formula is C13H9Cl2NO3. The first-order valence-electron chi connectivity index (χ1n) is 5.24. The minimum absolute atomic E-state index is 0.0409. The lowest BCUT2D eigenvalue weighted by Gasteiger charge is -2.12. The van der Waals surface area contributed by atoms with Crippen molar-refractivity contribution in [2.45, 2.75) is 0 Å². The Bertz CT molecular complexity index is 644. The zero-order valence-corrected chi connectivity index (χ0v) is 11.1. The van der Waals surface area contributed by atoms with Gasteiger partial charge in [0.15, 0.2) is 5.75 Å². The van der Waals surface area contributed by atoms with E-state index in [9.17, 15) is 4.79 Å². The summed E-state index contributed by atoms with van der Waals surface area (Å²) in [5.74, 6) is -0.853. The zero-order chi connectivity index (χ0) is 14.0. The molecule has 6 heteroatoms. The first-order valence-corrected chi connectivity index (χ1v) is 6.00. The molecule has 0 radical (unpaired) electrons. The van der Waals surface area contributed by atoms with Crippen molar-refractivity contribution >= 4 is 34.9 Å². The summed E-state index contributed by atoms with van der Waals surface area (Å²) in [6.45, 7) is 0. The van der Waals surface area contributed by atoms with Gasteiger partial charge in [-0.3, -0.25) is 0 Å². The Hall–Kier alpha value is -1.91. The highest BCUT2D eigenvalue weighted by atomic mass is 35.5. The van der Waals surface area contributed by atoms with E-state index in [1.54, 1.807) is 24.3 Å². The van der Waals surface area contributed by atoms with Gasteiger partial charge >= 0.3 is 5.97 Å². The summed E-state index contributed by atoms with van der Waals surface area (Å²) in [6.07, 6.45) is 0. The highest BCUT2D eigenvalue weighted by Crippen LogP contribution is 2.38. The second-order valence-electron chi connectivity index (χ2n) is 3.68. The molecular weight excluding hydrogens is 289 g/mol. The number of hydrogen-bond donors (Lipinski definition) is 2. The van der Waals surface area contributed by atoms with Crippen molar-refractivity contribution in [3.05, 3.63) is 52.0 Å². The molecule has 2 aromatic rings. The summed E-state index contributed by atoms with van der Waals surface area (Å²) in [5, 5.41) is 9.61. The van der Waals surface area contributed by atoms with E-state index in [2.05, 4.69) is 0 Å². The van der Waals surface area contributed by atoms with Gasteiger partial charge in [0.1, 0.15) is 16.3 Å². The molecule has 0 atom stereocenters. The number of ether oxygens (including phenoxy) is 1. The Morgan fingerprint density at radius 2 is 1.84 bits per heavy atom. The first kappa shape index (κ1) is 13.5. The molecule has 0 aliphatic rings. The number of carboxylic acid groups (broad SMARTS) is 1. The summed E-state index contributed by atoms with van der Waals surface area (Å²) in [5.41, 5.74) is 5.89. The summed E-state index contributed by atoms with van der Waals surface area (Å²) in [6, 6.07) is 9.29. The monoisotopic (exact) mass is 297 g/mol. The van der Waals surface area contributed by atoms with Crippen molar-refractivity contribution in [2.75, 3.05) is 5.73 Å². The normalized spacial score (nSPS) is 10.2. The zero-order valence-electron chi connectivity index (χ0n) is 9.56.